The van der Waals surface area contributed by atoms with Crippen LogP contribution in [0.5, 0.6) is 0 Å². The van der Waals surface area contributed by atoms with E-state index < -0.39 is 12.1 Å². The lowest BCUT2D eigenvalue weighted by atomic mass is 10.1. The lowest BCUT2D eigenvalue weighted by molar-refractivity contribution is -0.123. The number of aliphatic hydroxyl groups excluding tert-OH is 1. The second-order valence-corrected chi connectivity index (χ2v) is 3.73. The second kappa shape index (κ2) is 7.01. The van der Waals surface area contributed by atoms with Gasteiger partial charge in [0.25, 0.3) is 0 Å². The Bertz CT molecular complexity index is 343. The molecule has 0 fully saturated rings. The lowest BCUT2D eigenvalue weighted by Crippen LogP contribution is -2.44. The summed E-state index contributed by atoms with van der Waals surface area (Å²) in [4.78, 5) is 11.8. The molecular formula is C12H18N2O3. The zero-order valence-corrected chi connectivity index (χ0v) is 9.80. The minimum atomic E-state index is -0.734. The van der Waals surface area contributed by atoms with E-state index in [1.54, 1.807) is 12.1 Å². The first-order chi connectivity index (χ1) is 8.19. The fourth-order valence-electron chi connectivity index (χ4n) is 1.44. The number of carbonyl (C=O) groups is 1. The molecule has 0 aromatic heterocycles. The molecule has 94 valence electrons. The molecule has 0 radical (unpaired) electrons. The van der Waals surface area contributed by atoms with Gasteiger partial charge in [0.2, 0.25) is 5.91 Å². The van der Waals surface area contributed by atoms with Crippen molar-refractivity contribution in [2.75, 3.05) is 20.3 Å². The third-order valence-corrected chi connectivity index (χ3v) is 2.38. The molecule has 0 aliphatic rings. The van der Waals surface area contributed by atoms with Crippen molar-refractivity contribution in [1.29, 1.82) is 0 Å². The summed E-state index contributed by atoms with van der Waals surface area (Å²) in [7, 11) is 1.51. The molecule has 0 spiro atoms. The standard InChI is InChI=1S/C12H18N2O3/c1-17-8-10(7-15)14-12(16)11(13)9-5-3-2-4-6-9/h2-6,10-11,15H,7-8,13H2,1H3,(H,14,16)/t10?,11-/m1/s1. The van der Waals surface area contributed by atoms with Crippen LogP contribution in [0.2, 0.25) is 0 Å². The van der Waals surface area contributed by atoms with E-state index >= 15 is 0 Å². The van der Waals surface area contributed by atoms with E-state index in [1.165, 1.54) is 7.11 Å². The van der Waals surface area contributed by atoms with Crippen molar-refractivity contribution in [3.63, 3.8) is 0 Å². The SMILES string of the molecule is COCC(CO)NC(=O)[C@H](N)c1ccccc1. The quantitative estimate of drug-likeness (QED) is 0.641. The number of methoxy groups -OCH3 is 1. The Kier molecular flexibility index (Phi) is 5.62. The molecule has 1 aromatic rings. The largest absolute Gasteiger partial charge is 0.394 e. The maximum absolute atomic E-state index is 11.8. The molecule has 5 nitrogen and oxygen atoms in total. The van der Waals surface area contributed by atoms with Gasteiger partial charge in [0.15, 0.2) is 0 Å². The molecule has 1 amide bonds. The molecule has 1 aromatic carbocycles. The Labute approximate surface area is 101 Å². The van der Waals surface area contributed by atoms with E-state index in [4.69, 9.17) is 15.6 Å². The Morgan fingerprint density at radius 2 is 2.12 bits per heavy atom. The molecule has 0 saturated carbocycles. The first kappa shape index (κ1) is 13.6. The summed E-state index contributed by atoms with van der Waals surface area (Å²) in [6, 6.07) is 7.91. The molecule has 0 saturated heterocycles. The van der Waals surface area contributed by atoms with Crippen molar-refractivity contribution >= 4 is 5.91 Å². The van der Waals surface area contributed by atoms with Crippen LogP contribution in [-0.2, 0) is 9.53 Å². The summed E-state index contributed by atoms with van der Waals surface area (Å²) in [5.41, 5.74) is 6.54. The predicted molar refractivity (Wildman–Crippen MR) is 64.3 cm³/mol. The van der Waals surface area contributed by atoms with Gasteiger partial charge >= 0.3 is 0 Å². The third-order valence-electron chi connectivity index (χ3n) is 2.38. The highest BCUT2D eigenvalue weighted by molar-refractivity contribution is 5.83. The van der Waals surface area contributed by atoms with E-state index in [1.807, 2.05) is 18.2 Å². The Hall–Kier alpha value is -1.43. The van der Waals surface area contributed by atoms with Gasteiger partial charge in [0, 0.05) is 7.11 Å². The molecular weight excluding hydrogens is 220 g/mol. The number of hydrogen-bond acceptors (Lipinski definition) is 4. The van der Waals surface area contributed by atoms with Crippen LogP contribution in [0.4, 0.5) is 0 Å². The fraction of sp³-hybridized carbons (Fsp3) is 0.417. The number of rotatable bonds is 6. The van der Waals surface area contributed by atoms with Crippen molar-refractivity contribution < 1.29 is 14.6 Å². The average Bonchev–Trinajstić information content (AvgIpc) is 2.38. The van der Waals surface area contributed by atoms with Gasteiger partial charge in [-0.2, -0.15) is 0 Å². The van der Waals surface area contributed by atoms with Crippen LogP contribution < -0.4 is 11.1 Å². The van der Waals surface area contributed by atoms with E-state index in [2.05, 4.69) is 5.32 Å². The lowest BCUT2D eigenvalue weighted by Gasteiger charge is -2.18. The van der Waals surface area contributed by atoms with Crippen molar-refractivity contribution in [2.45, 2.75) is 12.1 Å². The van der Waals surface area contributed by atoms with Crippen molar-refractivity contribution in [1.82, 2.24) is 5.32 Å². The highest BCUT2D eigenvalue weighted by Gasteiger charge is 2.18. The first-order valence-electron chi connectivity index (χ1n) is 5.39. The molecule has 2 atom stereocenters. The average molecular weight is 238 g/mol. The highest BCUT2D eigenvalue weighted by atomic mass is 16.5. The molecule has 5 heteroatoms. The minimum Gasteiger partial charge on any atom is -0.394 e. The summed E-state index contributed by atoms with van der Waals surface area (Å²) in [6.07, 6.45) is 0. The van der Waals surface area contributed by atoms with Gasteiger partial charge in [-0.1, -0.05) is 30.3 Å². The number of aliphatic hydroxyl groups is 1. The van der Waals surface area contributed by atoms with Gasteiger partial charge in [0.05, 0.1) is 19.3 Å². The van der Waals surface area contributed by atoms with Gasteiger partial charge in [-0.15, -0.1) is 0 Å². The number of hydrogen-bond donors (Lipinski definition) is 3. The van der Waals surface area contributed by atoms with Gasteiger partial charge in [-0.3, -0.25) is 4.79 Å². The number of carbonyl (C=O) groups excluding carboxylic acids is 1. The monoisotopic (exact) mass is 238 g/mol. The Morgan fingerprint density at radius 3 is 2.65 bits per heavy atom. The molecule has 1 rings (SSSR count). The van der Waals surface area contributed by atoms with Crippen LogP contribution in [0.15, 0.2) is 30.3 Å². The normalized spacial score (nSPS) is 14.1. The maximum Gasteiger partial charge on any atom is 0.241 e. The summed E-state index contributed by atoms with van der Waals surface area (Å²) >= 11 is 0. The van der Waals surface area contributed by atoms with Crippen LogP contribution in [0, 0.1) is 0 Å². The van der Waals surface area contributed by atoms with E-state index in [9.17, 15) is 4.79 Å². The van der Waals surface area contributed by atoms with Crippen LogP contribution in [0.25, 0.3) is 0 Å². The summed E-state index contributed by atoms with van der Waals surface area (Å²) in [5, 5.41) is 11.6. The Balaban J connectivity index is 2.58. The second-order valence-electron chi connectivity index (χ2n) is 3.73. The summed E-state index contributed by atoms with van der Waals surface area (Å²) < 4.78 is 4.87. The van der Waals surface area contributed by atoms with Crippen molar-refractivity contribution in [3.8, 4) is 0 Å². The maximum atomic E-state index is 11.8. The number of benzene rings is 1. The summed E-state index contributed by atoms with van der Waals surface area (Å²) in [5.74, 6) is -0.327. The van der Waals surface area contributed by atoms with E-state index in [0.29, 0.717) is 0 Å². The van der Waals surface area contributed by atoms with Gasteiger partial charge in [0.1, 0.15) is 6.04 Å². The fourth-order valence-corrected chi connectivity index (χ4v) is 1.44. The predicted octanol–water partition coefficient (Wildman–Crippen LogP) is -0.190. The number of nitrogens with two attached hydrogens (primary N) is 1. The highest BCUT2D eigenvalue weighted by Crippen LogP contribution is 2.09. The Morgan fingerprint density at radius 1 is 1.47 bits per heavy atom. The molecule has 17 heavy (non-hydrogen) atoms. The smallest absolute Gasteiger partial charge is 0.241 e. The topological polar surface area (TPSA) is 84.6 Å². The van der Waals surface area contributed by atoms with Gasteiger partial charge in [-0.25, -0.2) is 0 Å². The molecule has 4 N–H and O–H groups in total. The number of amides is 1. The molecule has 0 aliphatic heterocycles. The van der Waals surface area contributed by atoms with Crippen LogP contribution >= 0.6 is 0 Å². The third kappa shape index (κ3) is 4.14. The van der Waals surface area contributed by atoms with Gasteiger partial charge < -0.3 is 20.9 Å². The molecule has 1 unspecified atom stereocenters. The minimum absolute atomic E-state index is 0.179. The van der Waals surface area contributed by atoms with Crippen molar-refractivity contribution in [2.24, 2.45) is 5.73 Å². The van der Waals surface area contributed by atoms with E-state index in [0.717, 1.165) is 5.56 Å². The molecule has 0 aliphatic carbocycles. The van der Waals surface area contributed by atoms with Crippen LogP contribution in [-0.4, -0.2) is 37.4 Å². The molecule has 0 bridgehead atoms. The van der Waals surface area contributed by atoms with Gasteiger partial charge in [-0.05, 0) is 5.56 Å². The van der Waals surface area contributed by atoms with Crippen LogP contribution in [0.3, 0.4) is 0 Å². The molecule has 0 heterocycles. The van der Waals surface area contributed by atoms with Crippen molar-refractivity contribution in [3.05, 3.63) is 35.9 Å². The summed E-state index contributed by atoms with van der Waals surface area (Å²) in [6.45, 7) is 0.0742. The zero-order valence-electron chi connectivity index (χ0n) is 9.80. The number of nitrogens with one attached hydrogen (secondary N) is 1. The first-order valence-corrected chi connectivity index (χ1v) is 5.39. The van der Waals surface area contributed by atoms with Crippen LogP contribution in [0.1, 0.15) is 11.6 Å². The van der Waals surface area contributed by atoms with E-state index in [-0.39, 0.29) is 19.1 Å². The number of ether oxygens (including phenoxy) is 1. The zero-order chi connectivity index (χ0) is 12.7.